The van der Waals surface area contributed by atoms with Crippen LogP contribution in [-0.4, -0.2) is 58.1 Å². The summed E-state index contributed by atoms with van der Waals surface area (Å²) in [4.78, 5) is 29.8. The number of imidazole rings is 1. The van der Waals surface area contributed by atoms with Crippen LogP contribution in [0, 0.1) is 0 Å². The highest BCUT2D eigenvalue weighted by Gasteiger charge is 2.38. The molecule has 0 bridgehead atoms. The first-order valence-electron chi connectivity index (χ1n) is 14.5. The van der Waals surface area contributed by atoms with Gasteiger partial charge in [0, 0.05) is 43.1 Å². The van der Waals surface area contributed by atoms with Gasteiger partial charge in [0.05, 0.1) is 16.8 Å². The molecule has 240 valence electrons. The molecule has 2 aromatic carbocycles. The Labute approximate surface area is 260 Å². The summed E-state index contributed by atoms with van der Waals surface area (Å²) in [5.41, 5.74) is 2.69. The van der Waals surface area contributed by atoms with Crippen LogP contribution < -0.4 is 20.7 Å². The molecule has 0 radical (unpaired) electrons. The van der Waals surface area contributed by atoms with Crippen LogP contribution in [0.15, 0.2) is 48.7 Å². The van der Waals surface area contributed by atoms with E-state index in [0.717, 1.165) is 36.0 Å². The van der Waals surface area contributed by atoms with E-state index in [1.807, 2.05) is 55.8 Å². The summed E-state index contributed by atoms with van der Waals surface area (Å²) in [6.07, 6.45) is -3.13. The molecular weight excluding hydrogens is 599 g/mol. The number of ether oxygens (including phenoxy) is 1. The van der Waals surface area contributed by atoms with Crippen LogP contribution >= 0.6 is 11.6 Å². The van der Waals surface area contributed by atoms with E-state index in [4.69, 9.17) is 21.3 Å². The zero-order chi connectivity index (χ0) is 32.4. The molecule has 13 heteroatoms. The van der Waals surface area contributed by atoms with Crippen LogP contribution in [0.4, 0.5) is 18.0 Å². The largest absolute Gasteiger partial charge is 0.480 e. The third kappa shape index (κ3) is 9.62. The molecule has 1 heterocycles. The third-order valence-electron chi connectivity index (χ3n) is 6.92. The second-order valence-electron chi connectivity index (χ2n) is 10.4. The smallest absolute Gasteiger partial charge is 0.425 e. The quantitative estimate of drug-likeness (QED) is 0.172. The van der Waals surface area contributed by atoms with Gasteiger partial charge in [0.15, 0.2) is 6.10 Å². The van der Waals surface area contributed by atoms with Crippen LogP contribution in [-0.2, 0) is 13.0 Å². The number of aromatic nitrogens is 2. The number of rotatable bonds is 14. The van der Waals surface area contributed by atoms with E-state index in [1.54, 1.807) is 0 Å². The number of alkyl halides is 3. The second kappa shape index (κ2) is 15.8. The fourth-order valence-electron chi connectivity index (χ4n) is 4.46. The zero-order valence-electron chi connectivity index (χ0n) is 25.2. The molecule has 0 aliphatic heterocycles. The van der Waals surface area contributed by atoms with Gasteiger partial charge < -0.3 is 30.4 Å². The number of hydrogen-bond acceptors (Lipinski definition) is 5. The van der Waals surface area contributed by atoms with Gasteiger partial charge in [-0.25, -0.2) is 9.78 Å². The average Bonchev–Trinajstić information content (AvgIpc) is 3.42. The van der Waals surface area contributed by atoms with Crippen molar-refractivity contribution in [1.29, 1.82) is 0 Å². The minimum atomic E-state index is -4.56. The van der Waals surface area contributed by atoms with Crippen molar-refractivity contribution >= 4 is 23.5 Å². The van der Waals surface area contributed by atoms with Crippen LogP contribution in [0.2, 0.25) is 5.02 Å². The number of nitrogens with zero attached hydrogens (tertiary/aromatic N) is 2. The number of urea groups is 1. The molecule has 0 fully saturated rings. The average molecular weight is 638 g/mol. The first-order chi connectivity index (χ1) is 20.9. The van der Waals surface area contributed by atoms with Crippen molar-refractivity contribution in [2.75, 3.05) is 13.2 Å². The van der Waals surface area contributed by atoms with Crippen LogP contribution in [0.1, 0.15) is 68.3 Å². The highest BCUT2D eigenvalue weighted by atomic mass is 35.5. The number of nitrogens with one attached hydrogen (secondary N) is 3. The summed E-state index contributed by atoms with van der Waals surface area (Å²) in [6, 6.07) is 10.5. The molecule has 9 nitrogen and oxygen atoms in total. The predicted octanol–water partition coefficient (Wildman–Crippen LogP) is 6.05. The lowest BCUT2D eigenvalue weighted by Crippen LogP contribution is -2.38. The predicted molar refractivity (Wildman–Crippen MR) is 163 cm³/mol. The number of amides is 3. The fraction of sp³-hybridized carbons (Fsp3) is 0.452. The first-order valence-corrected chi connectivity index (χ1v) is 14.9. The lowest BCUT2D eigenvalue weighted by atomic mass is 10.0. The van der Waals surface area contributed by atoms with Crippen LogP contribution in [0.25, 0.3) is 11.3 Å². The van der Waals surface area contributed by atoms with Gasteiger partial charge >= 0.3 is 12.2 Å². The van der Waals surface area contributed by atoms with Crippen molar-refractivity contribution in [3.63, 3.8) is 0 Å². The number of aliphatic hydroxyl groups is 1. The van der Waals surface area contributed by atoms with Crippen molar-refractivity contribution in [3.05, 3.63) is 70.6 Å². The van der Waals surface area contributed by atoms with Crippen molar-refractivity contribution in [1.82, 2.24) is 25.5 Å². The fourth-order valence-corrected chi connectivity index (χ4v) is 4.68. The Morgan fingerprint density at radius 1 is 1.09 bits per heavy atom. The topological polar surface area (TPSA) is 118 Å². The first kappa shape index (κ1) is 34.7. The molecule has 3 rings (SSSR count). The van der Waals surface area contributed by atoms with Gasteiger partial charge in [-0.15, -0.1) is 0 Å². The van der Waals surface area contributed by atoms with Crippen molar-refractivity contribution in [2.45, 2.75) is 77.9 Å². The number of hydrogen-bond donors (Lipinski definition) is 4. The Bertz CT molecular complexity index is 1400. The minimum Gasteiger partial charge on any atom is -0.480 e. The van der Waals surface area contributed by atoms with Gasteiger partial charge in [0.25, 0.3) is 5.91 Å². The SMILES string of the molecule is CCCNC(=O)N[C@H](C)c1nc(-c2ccc(C[C@@H](CCO)NC(=O)c3ccc(O[C@H](C)C(F)(F)F)c(Cl)c3)cc2)cn1CC. The molecule has 3 aromatic rings. The Kier molecular flexibility index (Phi) is 12.5. The van der Waals surface area contributed by atoms with Gasteiger partial charge in [-0.05, 0) is 63.8 Å². The summed E-state index contributed by atoms with van der Waals surface area (Å²) >= 11 is 6.10. The number of aryl methyl sites for hydroxylation is 1. The number of carbonyl (C=O) groups excluding carboxylic acids is 2. The Morgan fingerprint density at radius 2 is 1.80 bits per heavy atom. The van der Waals surface area contributed by atoms with E-state index in [0.29, 0.717) is 19.5 Å². The van der Waals surface area contributed by atoms with Gasteiger partial charge in [0.2, 0.25) is 0 Å². The minimum absolute atomic E-state index is 0.123. The van der Waals surface area contributed by atoms with E-state index in [2.05, 4.69) is 16.0 Å². The maximum Gasteiger partial charge on any atom is 0.425 e. The summed E-state index contributed by atoms with van der Waals surface area (Å²) in [5.74, 6) is 0.0683. The molecule has 1 aromatic heterocycles. The van der Waals surface area contributed by atoms with Crippen LogP contribution in [0.3, 0.4) is 0 Å². The molecule has 0 spiro atoms. The lowest BCUT2D eigenvalue weighted by Gasteiger charge is -2.20. The molecule has 0 aliphatic carbocycles. The maximum absolute atomic E-state index is 12.9. The van der Waals surface area contributed by atoms with E-state index in [1.165, 1.54) is 18.2 Å². The molecular formula is C31H39ClF3N5O4. The number of carbonyl (C=O) groups is 2. The van der Waals surface area contributed by atoms with Gasteiger partial charge in [-0.2, -0.15) is 13.2 Å². The Hall–Kier alpha value is -3.77. The normalized spacial score (nSPS) is 13.6. The van der Waals surface area contributed by atoms with E-state index in [-0.39, 0.29) is 41.4 Å². The molecule has 4 N–H and O–H groups in total. The molecule has 3 atom stereocenters. The zero-order valence-corrected chi connectivity index (χ0v) is 25.9. The molecule has 44 heavy (non-hydrogen) atoms. The van der Waals surface area contributed by atoms with Crippen LogP contribution in [0.5, 0.6) is 5.75 Å². The van der Waals surface area contributed by atoms with E-state index in [9.17, 15) is 27.9 Å². The second-order valence-corrected chi connectivity index (χ2v) is 10.8. The summed E-state index contributed by atoms with van der Waals surface area (Å²) in [5, 5.41) is 18.1. The summed E-state index contributed by atoms with van der Waals surface area (Å²) in [7, 11) is 0. The van der Waals surface area contributed by atoms with E-state index < -0.39 is 24.2 Å². The molecule has 0 saturated carbocycles. The summed E-state index contributed by atoms with van der Waals surface area (Å²) < 4.78 is 45.4. The molecule has 0 aliphatic rings. The number of halogens is 4. The maximum atomic E-state index is 12.9. The standard InChI is InChI=1S/C31H39ClF3N5O4/c1-5-14-36-30(43)37-19(3)28-39-26(18-40(28)6-2)22-9-7-21(8-10-22)16-24(13-15-41)38-29(42)23-11-12-27(25(32)17-23)44-20(4)31(33,34)35/h7-12,17-20,24,41H,5-6,13-16H2,1-4H3,(H,38,42)(H2,36,37,43)/t19-,20-,24-/m1/s1. The molecule has 0 saturated heterocycles. The highest BCUT2D eigenvalue weighted by molar-refractivity contribution is 6.32. The van der Waals surface area contributed by atoms with Gasteiger partial charge in [-0.3, -0.25) is 4.79 Å². The number of aliphatic hydroxyl groups excluding tert-OH is 1. The monoisotopic (exact) mass is 637 g/mol. The highest BCUT2D eigenvalue weighted by Crippen LogP contribution is 2.31. The Balaban J connectivity index is 1.67. The van der Waals surface area contributed by atoms with Crippen molar-refractivity contribution in [2.24, 2.45) is 0 Å². The van der Waals surface area contributed by atoms with Crippen molar-refractivity contribution < 1.29 is 32.6 Å². The Morgan fingerprint density at radius 3 is 2.39 bits per heavy atom. The van der Waals surface area contributed by atoms with E-state index >= 15 is 0 Å². The van der Waals surface area contributed by atoms with Gasteiger partial charge in [-0.1, -0.05) is 42.8 Å². The number of benzene rings is 2. The van der Waals surface area contributed by atoms with Gasteiger partial charge in [0.1, 0.15) is 11.6 Å². The lowest BCUT2D eigenvalue weighted by molar-refractivity contribution is -0.189. The third-order valence-corrected chi connectivity index (χ3v) is 7.22. The van der Waals surface area contributed by atoms with Crippen molar-refractivity contribution in [3.8, 4) is 17.0 Å². The molecule has 0 unspecified atom stereocenters. The molecule has 3 amide bonds. The summed E-state index contributed by atoms with van der Waals surface area (Å²) in [6.45, 7) is 7.84.